The highest BCUT2D eigenvalue weighted by Crippen LogP contribution is 2.49. The van der Waals surface area contributed by atoms with Gasteiger partial charge in [-0.3, -0.25) is 4.79 Å². The Kier molecular flexibility index (Phi) is 4.03. The first kappa shape index (κ1) is 13.5. The van der Waals surface area contributed by atoms with E-state index in [0.717, 1.165) is 12.8 Å². The summed E-state index contributed by atoms with van der Waals surface area (Å²) in [5.41, 5.74) is 0.534. The van der Waals surface area contributed by atoms with E-state index < -0.39 is 0 Å². The lowest BCUT2D eigenvalue weighted by atomic mass is 9.57. The van der Waals surface area contributed by atoms with Crippen LogP contribution in [0.4, 0.5) is 0 Å². The maximum Gasteiger partial charge on any atom is 0.207 e. The van der Waals surface area contributed by atoms with E-state index in [1.807, 2.05) is 0 Å². The molecule has 0 saturated heterocycles. The fourth-order valence-electron chi connectivity index (χ4n) is 2.84. The van der Waals surface area contributed by atoms with Crippen LogP contribution in [0.25, 0.3) is 0 Å². The van der Waals surface area contributed by atoms with Gasteiger partial charge in [-0.15, -0.1) is 0 Å². The molecule has 2 heteroatoms. The number of amides is 1. The minimum Gasteiger partial charge on any atom is -0.356 e. The van der Waals surface area contributed by atoms with Gasteiger partial charge in [0.1, 0.15) is 0 Å². The van der Waals surface area contributed by atoms with Crippen molar-refractivity contribution in [3.63, 3.8) is 0 Å². The molecule has 1 amide bonds. The summed E-state index contributed by atoms with van der Waals surface area (Å²) in [6.07, 6.45) is 5.82. The van der Waals surface area contributed by atoms with Crippen molar-refractivity contribution >= 4 is 6.41 Å². The molecular formula is C14H27NO. The molecule has 16 heavy (non-hydrogen) atoms. The maximum absolute atomic E-state index is 10.7. The summed E-state index contributed by atoms with van der Waals surface area (Å²) in [6.45, 7) is 11.6. The van der Waals surface area contributed by atoms with Gasteiger partial charge in [0.15, 0.2) is 0 Å². The Morgan fingerprint density at radius 1 is 1.06 bits per heavy atom. The Morgan fingerprint density at radius 2 is 1.62 bits per heavy atom. The first-order chi connectivity index (χ1) is 7.30. The molecule has 2 nitrogen and oxygen atoms in total. The van der Waals surface area contributed by atoms with Gasteiger partial charge in [0.2, 0.25) is 6.41 Å². The van der Waals surface area contributed by atoms with Crippen molar-refractivity contribution in [2.45, 2.75) is 66.3 Å². The lowest BCUT2D eigenvalue weighted by molar-refractivity contribution is -0.111. The van der Waals surface area contributed by atoms with Crippen molar-refractivity contribution in [2.75, 3.05) is 0 Å². The summed E-state index contributed by atoms with van der Waals surface area (Å²) in [7, 11) is 0. The largest absolute Gasteiger partial charge is 0.356 e. The minimum atomic E-state index is 0.258. The molecule has 0 heterocycles. The molecule has 2 atom stereocenters. The van der Waals surface area contributed by atoms with Gasteiger partial charge >= 0.3 is 0 Å². The van der Waals surface area contributed by atoms with Crippen LogP contribution in [0.15, 0.2) is 0 Å². The second-order valence-corrected chi connectivity index (χ2v) is 6.75. The summed E-state index contributed by atoms with van der Waals surface area (Å²) in [5, 5.41) is 3.03. The Hall–Kier alpha value is -0.530. The normalized spacial score (nSPS) is 27.6. The number of rotatable bonds is 3. The Morgan fingerprint density at radius 3 is 2.12 bits per heavy atom. The van der Waals surface area contributed by atoms with Gasteiger partial charge in [0, 0.05) is 6.04 Å². The molecule has 94 valence electrons. The lowest BCUT2D eigenvalue weighted by Gasteiger charge is -2.49. The van der Waals surface area contributed by atoms with E-state index in [1.165, 1.54) is 19.3 Å². The molecule has 1 saturated carbocycles. The van der Waals surface area contributed by atoms with Crippen LogP contribution < -0.4 is 5.32 Å². The number of hydrogen-bond acceptors (Lipinski definition) is 1. The number of carbonyl (C=O) groups is 1. The standard InChI is InChI=1S/C14H27NO/c1-13(2,3)14(4,5)11-8-6-7-9-12(11)15-10-16/h10-12H,6-9H2,1-5H3,(H,15,16). The van der Waals surface area contributed by atoms with Crippen molar-refractivity contribution in [3.05, 3.63) is 0 Å². The molecule has 1 fully saturated rings. The van der Waals surface area contributed by atoms with Gasteiger partial charge in [0.25, 0.3) is 0 Å². The Labute approximate surface area is 100 Å². The van der Waals surface area contributed by atoms with Crippen molar-refractivity contribution < 1.29 is 4.79 Å². The van der Waals surface area contributed by atoms with Crippen molar-refractivity contribution in [2.24, 2.45) is 16.7 Å². The highest BCUT2D eigenvalue weighted by atomic mass is 16.1. The van der Waals surface area contributed by atoms with E-state index in [1.54, 1.807) is 0 Å². The predicted molar refractivity (Wildman–Crippen MR) is 68.2 cm³/mol. The zero-order valence-corrected chi connectivity index (χ0v) is 11.5. The topological polar surface area (TPSA) is 29.1 Å². The number of nitrogens with one attached hydrogen (secondary N) is 1. The van der Waals surface area contributed by atoms with Crippen LogP contribution in [-0.2, 0) is 4.79 Å². The van der Waals surface area contributed by atoms with Crippen LogP contribution in [-0.4, -0.2) is 12.5 Å². The maximum atomic E-state index is 10.7. The average molecular weight is 225 g/mol. The summed E-state index contributed by atoms with van der Waals surface area (Å²) in [6, 6.07) is 0.375. The zero-order valence-electron chi connectivity index (χ0n) is 11.5. The first-order valence-electron chi connectivity index (χ1n) is 6.50. The summed E-state index contributed by atoms with van der Waals surface area (Å²) in [4.78, 5) is 10.7. The molecule has 1 aliphatic rings. The van der Waals surface area contributed by atoms with E-state index in [4.69, 9.17) is 0 Å². The van der Waals surface area contributed by atoms with E-state index in [2.05, 4.69) is 39.9 Å². The molecule has 1 N–H and O–H groups in total. The van der Waals surface area contributed by atoms with Crippen LogP contribution in [0.5, 0.6) is 0 Å². The van der Waals surface area contributed by atoms with Gasteiger partial charge in [-0.1, -0.05) is 47.5 Å². The molecule has 0 aromatic heterocycles. The smallest absolute Gasteiger partial charge is 0.207 e. The van der Waals surface area contributed by atoms with E-state index in [-0.39, 0.29) is 10.8 Å². The lowest BCUT2D eigenvalue weighted by Crippen LogP contribution is -2.49. The third-order valence-corrected chi connectivity index (χ3v) is 4.91. The van der Waals surface area contributed by atoms with Gasteiger partial charge < -0.3 is 5.32 Å². The summed E-state index contributed by atoms with van der Waals surface area (Å²) >= 11 is 0. The SMILES string of the molecule is CC(C)(C)C(C)(C)C1CCCCC1NC=O. The summed E-state index contributed by atoms with van der Waals surface area (Å²) in [5.74, 6) is 0.603. The van der Waals surface area contributed by atoms with E-state index in [9.17, 15) is 4.79 Å². The summed E-state index contributed by atoms with van der Waals surface area (Å²) < 4.78 is 0. The fourth-order valence-corrected chi connectivity index (χ4v) is 2.84. The van der Waals surface area contributed by atoms with Crippen LogP contribution in [0, 0.1) is 16.7 Å². The minimum absolute atomic E-state index is 0.258. The van der Waals surface area contributed by atoms with Crippen LogP contribution in [0.3, 0.4) is 0 Å². The second-order valence-electron chi connectivity index (χ2n) is 6.75. The molecular weight excluding hydrogens is 198 g/mol. The van der Waals surface area contributed by atoms with Gasteiger partial charge in [-0.05, 0) is 29.6 Å². The fraction of sp³-hybridized carbons (Fsp3) is 0.929. The zero-order chi connectivity index (χ0) is 12.4. The quantitative estimate of drug-likeness (QED) is 0.733. The van der Waals surface area contributed by atoms with Gasteiger partial charge in [0.05, 0.1) is 0 Å². The molecule has 0 aromatic rings. The van der Waals surface area contributed by atoms with E-state index in [0.29, 0.717) is 12.0 Å². The van der Waals surface area contributed by atoms with Crippen molar-refractivity contribution in [1.29, 1.82) is 0 Å². The van der Waals surface area contributed by atoms with Crippen molar-refractivity contribution in [1.82, 2.24) is 5.32 Å². The number of carbonyl (C=O) groups excluding carboxylic acids is 1. The third-order valence-electron chi connectivity index (χ3n) is 4.91. The highest BCUT2D eigenvalue weighted by molar-refractivity contribution is 5.46. The molecule has 0 spiro atoms. The molecule has 0 aromatic carbocycles. The van der Waals surface area contributed by atoms with Gasteiger partial charge in [-0.25, -0.2) is 0 Å². The Bertz CT molecular complexity index is 240. The predicted octanol–water partition coefficient (Wildman–Crippen LogP) is 3.36. The molecule has 1 aliphatic carbocycles. The Balaban J connectivity index is 2.85. The van der Waals surface area contributed by atoms with E-state index >= 15 is 0 Å². The monoisotopic (exact) mass is 225 g/mol. The van der Waals surface area contributed by atoms with Gasteiger partial charge in [-0.2, -0.15) is 0 Å². The third kappa shape index (κ3) is 2.58. The molecule has 2 unspecified atom stereocenters. The molecule has 0 aliphatic heterocycles. The average Bonchev–Trinajstić information content (AvgIpc) is 2.17. The van der Waals surface area contributed by atoms with Crippen LogP contribution in [0.1, 0.15) is 60.3 Å². The first-order valence-corrected chi connectivity index (χ1v) is 6.50. The van der Waals surface area contributed by atoms with Crippen molar-refractivity contribution in [3.8, 4) is 0 Å². The molecule has 0 bridgehead atoms. The second kappa shape index (κ2) is 4.77. The van der Waals surface area contributed by atoms with Crippen LogP contribution >= 0.6 is 0 Å². The highest BCUT2D eigenvalue weighted by Gasteiger charge is 2.44. The number of hydrogen-bond donors (Lipinski definition) is 1. The molecule has 0 radical (unpaired) electrons. The molecule has 1 rings (SSSR count). The van der Waals surface area contributed by atoms with Crippen LogP contribution in [0.2, 0.25) is 0 Å².